The van der Waals surface area contributed by atoms with Gasteiger partial charge in [-0.25, -0.2) is 8.42 Å². The molecule has 2 heterocycles. The maximum Gasteiger partial charge on any atom is 0.243 e. The highest BCUT2D eigenvalue weighted by Gasteiger charge is 2.30. The lowest BCUT2D eigenvalue weighted by atomic mass is 10.2. The molecule has 0 radical (unpaired) electrons. The molecule has 4 rings (SSSR count). The van der Waals surface area contributed by atoms with Gasteiger partial charge in [-0.15, -0.1) is 11.8 Å². The lowest BCUT2D eigenvalue weighted by Gasteiger charge is -2.35. The maximum absolute atomic E-state index is 13.2. The monoisotopic (exact) mass is 451 g/mol. The van der Waals surface area contributed by atoms with Crippen LogP contribution >= 0.6 is 23.4 Å². The van der Waals surface area contributed by atoms with Gasteiger partial charge in [-0.3, -0.25) is 4.79 Å². The van der Waals surface area contributed by atoms with Crippen LogP contribution in [0, 0.1) is 0 Å². The maximum atomic E-state index is 13.2. The van der Waals surface area contributed by atoms with E-state index in [9.17, 15) is 13.2 Å². The zero-order chi connectivity index (χ0) is 20.6. The van der Waals surface area contributed by atoms with Crippen LogP contribution in [-0.2, 0) is 14.8 Å². The van der Waals surface area contributed by atoms with Crippen molar-refractivity contribution in [1.82, 2.24) is 4.31 Å². The Balaban J connectivity index is 1.51. The largest absolute Gasteiger partial charge is 0.369 e. The lowest BCUT2D eigenvalue weighted by molar-refractivity contribution is -0.116. The Morgan fingerprint density at radius 3 is 2.45 bits per heavy atom. The summed E-state index contributed by atoms with van der Waals surface area (Å²) in [6, 6.07) is 12.6. The zero-order valence-electron chi connectivity index (χ0n) is 16.0. The number of anilines is 2. The Labute approximate surface area is 180 Å². The first-order chi connectivity index (χ1) is 13.8. The van der Waals surface area contributed by atoms with Crippen molar-refractivity contribution in [2.24, 2.45) is 0 Å². The van der Waals surface area contributed by atoms with E-state index in [2.05, 4.69) is 10.2 Å². The average Bonchev–Trinajstić information content (AvgIpc) is 2.84. The normalized spacial score (nSPS) is 20.7. The minimum absolute atomic E-state index is 0.0881. The van der Waals surface area contributed by atoms with Crippen LogP contribution in [0.1, 0.15) is 13.3 Å². The van der Waals surface area contributed by atoms with Gasteiger partial charge >= 0.3 is 0 Å². The minimum Gasteiger partial charge on any atom is -0.369 e. The van der Waals surface area contributed by atoms with Crippen molar-refractivity contribution in [1.29, 1.82) is 0 Å². The molecule has 0 spiro atoms. The number of thioether (sulfide) groups is 1. The van der Waals surface area contributed by atoms with Crippen molar-refractivity contribution < 1.29 is 13.2 Å². The number of amides is 1. The number of fused-ring (bicyclic) bond motifs is 1. The highest BCUT2D eigenvalue weighted by Crippen LogP contribution is 2.36. The van der Waals surface area contributed by atoms with Gasteiger partial charge in [0.25, 0.3) is 0 Å². The number of rotatable bonds is 3. The molecule has 9 heteroatoms. The highest BCUT2D eigenvalue weighted by atomic mass is 35.5. The molecule has 2 aliphatic rings. The number of hydrogen-bond donors (Lipinski definition) is 1. The Hall–Kier alpha value is -1.74. The molecule has 2 aromatic carbocycles. The standard InChI is InChI=1S/C20H22ClN3O3S2/c1-14-12-20(25)22-18-13-17(6-7-19(18)28-14)29(26,27)24-10-8-23(9-11-24)16-4-2-15(21)3-5-16/h2-7,13-14H,8-12H2,1H3,(H,22,25)/t14-/m0/s1. The predicted octanol–water partition coefficient (Wildman–Crippen LogP) is 3.67. The summed E-state index contributed by atoms with van der Waals surface area (Å²) in [7, 11) is -3.63. The number of carbonyl (C=O) groups is 1. The molecular formula is C20H22ClN3O3S2. The van der Waals surface area contributed by atoms with Crippen LogP contribution in [0.4, 0.5) is 11.4 Å². The Kier molecular flexibility index (Phi) is 5.79. The van der Waals surface area contributed by atoms with E-state index in [1.54, 1.807) is 30.0 Å². The quantitative estimate of drug-likeness (QED) is 0.770. The number of sulfonamides is 1. The minimum atomic E-state index is -3.63. The number of nitrogens with one attached hydrogen (secondary N) is 1. The van der Waals surface area contributed by atoms with Crippen molar-refractivity contribution in [2.45, 2.75) is 28.4 Å². The first-order valence-electron chi connectivity index (χ1n) is 9.44. The molecule has 1 amide bonds. The van der Waals surface area contributed by atoms with E-state index in [0.717, 1.165) is 10.6 Å². The third kappa shape index (κ3) is 4.40. The van der Waals surface area contributed by atoms with Crippen LogP contribution in [0.3, 0.4) is 0 Å². The number of halogens is 1. The van der Waals surface area contributed by atoms with E-state index in [1.807, 2.05) is 31.2 Å². The summed E-state index contributed by atoms with van der Waals surface area (Å²) in [6.07, 6.45) is 0.411. The van der Waals surface area contributed by atoms with Gasteiger partial charge in [0.05, 0.1) is 10.6 Å². The average molecular weight is 452 g/mol. The SMILES string of the molecule is C[C@H]1CC(=O)Nc2cc(S(=O)(=O)N3CCN(c4ccc(Cl)cc4)CC3)ccc2S1. The second-order valence-corrected chi connectivity index (χ2v) is 11.1. The molecule has 0 bridgehead atoms. The van der Waals surface area contributed by atoms with Crippen molar-refractivity contribution in [3.63, 3.8) is 0 Å². The highest BCUT2D eigenvalue weighted by molar-refractivity contribution is 8.00. The van der Waals surface area contributed by atoms with Crippen LogP contribution in [0.2, 0.25) is 5.02 Å². The van der Waals surface area contributed by atoms with E-state index in [1.165, 1.54) is 4.31 Å². The number of hydrogen-bond acceptors (Lipinski definition) is 5. The van der Waals surface area contributed by atoms with Gasteiger partial charge in [-0.1, -0.05) is 18.5 Å². The molecule has 6 nitrogen and oxygen atoms in total. The summed E-state index contributed by atoms with van der Waals surface area (Å²) in [5, 5.41) is 3.67. The molecule has 154 valence electrons. The van der Waals surface area contributed by atoms with Crippen LogP contribution in [-0.4, -0.2) is 50.1 Å². The third-order valence-corrected chi connectivity index (χ3v) is 8.42. The fourth-order valence-electron chi connectivity index (χ4n) is 3.58. The van der Waals surface area contributed by atoms with Gasteiger partial charge in [0.1, 0.15) is 0 Å². The van der Waals surface area contributed by atoms with Gasteiger partial charge in [0, 0.05) is 53.5 Å². The molecule has 0 aliphatic carbocycles. The van der Waals surface area contributed by atoms with Crippen LogP contribution in [0.15, 0.2) is 52.3 Å². The fraction of sp³-hybridized carbons (Fsp3) is 0.350. The first kappa shape index (κ1) is 20.5. The van der Waals surface area contributed by atoms with Crippen LogP contribution in [0.5, 0.6) is 0 Å². The number of carbonyl (C=O) groups excluding carboxylic acids is 1. The Bertz CT molecular complexity index is 1020. The molecule has 1 atom stereocenters. The Morgan fingerprint density at radius 2 is 1.76 bits per heavy atom. The van der Waals surface area contributed by atoms with Crippen molar-refractivity contribution in [3.8, 4) is 0 Å². The second kappa shape index (κ2) is 8.18. The molecule has 1 N–H and O–H groups in total. The smallest absolute Gasteiger partial charge is 0.243 e. The molecule has 0 saturated carbocycles. The van der Waals surface area contributed by atoms with Crippen LogP contribution < -0.4 is 10.2 Å². The second-order valence-electron chi connectivity index (χ2n) is 7.21. The zero-order valence-corrected chi connectivity index (χ0v) is 18.4. The summed E-state index contributed by atoms with van der Waals surface area (Å²) >= 11 is 7.53. The first-order valence-corrected chi connectivity index (χ1v) is 12.1. The molecule has 29 heavy (non-hydrogen) atoms. The van der Waals surface area contributed by atoms with Gasteiger partial charge in [-0.2, -0.15) is 4.31 Å². The van der Waals surface area contributed by atoms with Gasteiger partial charge in [-0.05, 0) is 42.5 Å². The van der Waals surface area contributed by atoms with E-state index >= 15 is 0 Å². The molecule has 2 aromatic rings. The van der Waals surface area contributed by atoms with E-state index in [4.69, 9.17) is 11.6 Å². The van der Waals surface area contributed by atoms with Crippen molar-refractivity contribution in [2.75, 3.05) is 36.4 Å². The van der Waals surface area contributed by atoms with E-state index in [-0.39, 0.29) is 16.1 Å². The molecule has 2 aliphatic heterocycles. The fourth-order valence-corrected chi connectivity index (χ4v) is 6.21. The van der Waals surface area contributed by atoms with Gasteiger partial charge in [0.15, 0.2) is 0 Å². The van der Waals surface area contributed by atoms with Crippen molar-refractivity contribution in [3.05, 3.63) is 47.5 Å². The van der Waals surface area contributed by atoms with Gasteiger partial charge in [0.2, 0.25) is 15.9 Å². The lowest BCUT2D eigenvalue weighted by Crippen LogP contribution is -2.48. The molecule has 1 saturated heterocycles. The summed E-state index contributed by atoms with van der Waals surface area (Å²) in [5.41, 5.74) is 1.61. The van der Waals surface area contributed by atoms with Crippen molar-refractivity contribution >= 4 is 50.7 Å². The van der Waals surface area contributed by atoms with E-state index < -0.39 is 10.0 Å². The summed E-state index contributed by atoms with van der Waals surface area (Å²) in [6.45, 7) is 4.01. The topological polar surface area (TPSA) is 69.7 Å². The van der Waals surface area contributed by atoms with E-state index in [0.29, 0.717) is 43.3 Å². The predicted molar refractivity (Wildman–Crippen MR) is 117 cm³/mol. The van der Waals surface area contributed by atoms with Crippen LogP contribution in [0.25, 0.3) is 0 Å². The number of nitrogens with zero attached hydrogens (tertiary/aromatic N) is 2. The summed E-state index contributed by atoms with van der Waals surface area (Å²) < 4.78 is 27.8. The summed E-state index contributed by atoms with van der Waals surface area (Å²) in [4.78, 5) is 15.3. The molecule has 1 fully saturated rings. The molecular weight excluding hydrogens is 430 g/mol. The third-order valence-electron chi connectivity index (χ3n) is 5.09. The number of piperazine rings is 1. The summed E-state index contributed by atoms with van der Waals surface area (Å²) in [5.74, 6) is -0.0881. The Morgan fingerprint density at radius 1 is 1.07 bits per heavy atom. The molecule has 0 unspecified atom stereocenters. The van der Waals surface area contributed by atoms with Gasteiger partial charge < -0.3 is 10.2 Å². The number of benzene rings is 2. The molecule has 0 aromatic heterocycles.